The Hall–Kier alpha value is -0.340. The van der Waals surface area contributed by atoms with Gasteiger partial charge in [0.2, 0.25) is 0 Å². The van der Waals surface area contributed by atoms with Crippen LogP contribution >= 0.6 is 0 Å². The van der Waals surface area contributed by atoms with Crippen molar-refractivity contribution < 1.29 is 10.2 Å². The Balaban J connectivity index is 1.54. The van der Waals surface area contributed by atoms with E-state index in [1.807, 2.05) is 0 Å². The van der Waals surface area contributed by atoms with Crippen LogP contribution in [-0.4, -0.2) is 22.4 Å². The second-order valence-electron chi connectivity index (χ2n) is 12.3. The molecule has 0 spiro atoms. The zero-order valence-corrected chi connectivity index (χ0v) is 19.7. The van der Waals surface area contributed by atoms with E-state index in [4.69, 9.17) is 0 Å². The van der Waals surface area contributed by atoms with Gasteiger partial charge in [0, 0.05) is 0 Å². The Bertz CT molecular complexity index is 624. The highest BCUT2D eigenvalue weighted by Gasteiger charge is 2.61. The summed E-state index contributed by atoms with van der Waals surface area (Å²) in [6.07, 6.45) is 13.9. The first-order valence-corrected chi connectivity index (χ1v) is 12.7. The predicted octanol–water partition coefficient (Wildman–Crippen LogP) is 6.36. The summed E-state index contributed by atoms with van der Waals surface area (Å²) in [6, 6.07) is 0. The quantitative estimate of drug-likeness (QED) is 0.525. The summed E-state index contributed by atoms with van der Waals surface area (Å²) in [4.78, 5) is 0. The average molecular weight is 403 g/mol. The van der Waals surface area contributed by atoms with Crippen molar-refractivity contribution in [1.29, 1.82) is 0 Å². The molecule has 0 unspecified atom stereocenters. The van der Waals surface area contributed by atoms with Gasteiger partial charge in [0.25, 0.3) is 0 Å². The lowest BCUT2D eigenvalue weighted by Crippen LogP contribution is -2.54. The summed E-state index contributed by atoms with van der Waals surface area (Å²) in [7, 11) is 0. The number of hydrogen-bond donors (Lipinski definition) is 2. The van der Waals surface area contributed by atoms with E-state index < -0.39 is 0 Å². The molecule has 0 aliphatic heterocycles. The van der Waals surface area contributed by atoms with Crippen LogP contribution in [-0.2, 0) is 0 Å². The SMILES string of the molecule is CC(C)CCC[C@@H](C)[C@@H]1CC[C@@H]2[C@H]3[C@H](O)C=C4C[C@@H](O)CC[C@]4(C)[C@@H]3CC[C@@]21C. The minimum Gasteiger partial charge on any atom is -0.393 e. The molecule has 0 bridgehead atoms. The van der Waals surface area contributed by atoms with E-state index in [-0.39, 0.29) is 17.6 Å². The molecule has 2 heteroatoms. The van der Waals surface area contributed by atoms with Crippen molar-refractivity contribution in [3.8, 4) is 0 Å². The molecule has 4 aliphatic carbocycles. The molecular weight excluding hydrogens is 356 g/mol. The summed E-state index contributed by atoms with van der Waals surface area (Å²) < 4.78 is 0. The van der Waals surface area contributed by atoms with Crippen LogP contribution < -0.4 is 0 Å². The van der Waals surface area contributed by atoms with Crippen molar-refractivity contribution in [1.82, 2.24) is 0 Å². The molecule has 0 saturated heterocycles. The van der Waals surface area contributed by atoms with Crippen LogP contribution in [0.2, 0.25) is 0 Å². The smallest absolute Gasteiger partial charge is 0.0757 e. The van der Waals surface area contributed by atoms with E-state index in [1.54, 1.807) is 0 Å². The molecule has 0 aromatic rings. The largest absolute Gasteiger partial charge is 0.393 e. The van der Waals surface area contributed by atoms with Crippen LogP contribution in [0.3, 0.4) is 0 Å². The van der Waals surface area contributed by atoms with E-state index in [9.17, 15) is 10.2 Å². The van der Waals surface area contributed by atoms with Gasteiger partial charge < -0.3 is 10.2 Å². The molecule has 0 aromatic carbocycles. The van der Waals surface area contributed by atoms with Crippen LogP contribution in [0, 0.1) is 46.3 Å². The highest BCUT2D eigenvalue weighted by Crippen LogP contribution is 2.67. The van der Waals surface area contributed by atoms with E-state index in [0.717, 1.165) is 37.0 Å². The zero-order valence-electron chi connectivity index (χ0n) is 19.7. The van der Waals surface area contributed by atoms with Crippen molar-refractivity contribution >= 4 is 0 Å². The molecule has 4 aliphatic rings. The van der Waals surface area contributed by atoms with E-state index in [0.29, 0.717) is 23.2 Å². The van der Waals surface area contributed by atoms with Crippen molar-refractivity contribution in [3.63, 3.8) is 0 Å². The molecule has 166 valence electrons. The monoisotopic (exact) mass is 402 g/mol. The summed E-state index contributed by atoms with van der Waals surface area (Å²) >= 11 is 0. The number of hydrogen-bond acceptors (Lipinski definition) is 2. The lowest BCUT2D eigenvalue weighted by molar-refractivity contribution is -0.0970. The van der Waals surface area contributed by atoms with Crippen LogP contribution in [0.15, 0.2) is 11.6 Å². The van der Waals surface area contributed by atoms with Crippen molar-refractivity contribution in [3.05, 3.63) is 11.6 Å². The van der Waals surface area contributed by atoms with E-state index >= 15 is 0 Å². The summed E-state index contributed by atoms with van der Waals surface area (Å²) in [5.41, 5.74) is 1.99. The Morgan fingerprint density at radius 2 is 1.72 bits per heavy atom. The summed E-state index contributed by atoms with van der Waals surface area (Å²) in [5, 5.41) is 21.5. The number of aliphatic hydroxyl groups is 2. The molecule has 0 heterocycles. The first-order valence-electron chi connectivity index (χ1n) is 12.7. The maximum absolute atomic E-state index is 11.3. The van der Waals surface area contributed by atoms with E-state index in [2.05, 4.69) is 40.7 Å². The average Bonchev–Trinajstić information content (AvgIpc) is 3.00. The summed E-state index contributed by atoms with van der Waals surface area (Å²) in [6.45, 7) is 12.2. The van der Waals surface area contributed by atoms with Crippen molar-refractivity contribution in [2.24, 2.45) is 46.3 Å². The molecule has 3 saturated carbocycles. The molecule has 3 fully saturated rings. The standard InChI is InChI=1S/C27H46O2/c1-17(2)7-6-8-18(3)21-9-10-22-25-23(12-14-27(21,22)5)26(4)13-11-20(28)15-19(26)16-24(25)29/h16-18,20-25,28-29H,6-15H2,1-5H3/t18-,20+,21+,22-,23-,24-,25-,26+,27-/m1/s1. The van der Waals surface area contributed by atoms with Crippen molar-refractivity contribution in [2.75, 3.05) is 0 Å². The minimum absolute atomic E-state index is 0.200. The maximum Gasteiger partial charge on any atom is 0.0757 e. The number of aliphatic hydroxyl groups excluding tert-OH is 2. The first-order chi connectivity index (χ1) is 13.7. The first kappa shape index (κ1) is 21.9. The Labute approximate surface area is 179 Å². The van der Waals surface area contributed by atoms with Gasteiger partial charge >= 0.3 is 0 Å². The third-order valence-corrected chi connectivity index (χ3v) is 10.3. The lowest BCUT2D eigenvalue weighted by atomic mass is 9.46. The zero-order chi connectivity index (χ0) is 21.0. The van der Waals surface area contributed by atoms with E-state index in [1.165, 1.54) is 50.5 Å². The van der Waals surface area contributed by atoms with Gasteiger partial charge in [0.05, 0.1) is 12.2 Å². The van der Waals surface area contributed by atoms with Gasteiger partial charge in [0.1, 0.15) is 0 Å². The predicted molar refractivity (Wildman–Crippen MR) is 120 cm³/mol. The normalized spacial score (nSPS) is 47.9. The molecular formula is C27H46O2. The summed E-state index contributed by atoms with van der Waals surface area (Å²) in [5.74, 6) is 4.18. The Kier molecular flexibility index (Phi) is 6.01. The topological polar surface area (TPSA) is 40.5 Å². The van der Waals surface area contributed by atoms with Gasteiger partial charge in [-0.1, -0.05) is 65.5 Å². The lowest BCUT2D eigenvalue weighted by Gasteiger charge is -2.59. The van der Waals surface area contributed by atoms with Crippen LogP contribution in [0.5, 0.6) is 0 Å². The molecule has 0 radical (unpaired) electrons. The van der Waals surface area contributed by atoms with Crippen molar-refractivity contribution in [2.45, 2.75) is 111 Å². The third-order valence-electron chi connectivity index (χ3n) is 10.3. The molecule has 0 amide bonds. The van der Waals surface area contributed by atoms with Gasteiger partial charge in [-0.25, -0.2) is 0 Å². The molecule has 2 nitrogen and oxygen atoms in total. The minimum atomic E-state index is -0.298. The molecule has 9 atom stereocenters. The maximum atomic E-state index is 11.3. The second-order valence-corrected chi connectivity index (χ2v) is 12.3. The van der Waals surface area contributed by atoms with Crippen LogP contribution in [0.1, 0.15) is 98.8 Å². The molecule has 2 N–H and O–H groups in total. The fourth-order valence-electron chi connectivity index (χ4n) is 8.65. The highest BCUT2D eigenvalue weighted by atomic mass is 16.3. The molecule has 0 aromatic heterocycles. The van der Waals surface area contributed by atoms with Gasteiger partial charge in [0.15, 0.2) is 0 Å². The second kappa shape index (κ2) is 7.97. The fourth-order valence-corrected chi connectivity index (χ4v) is 8.65. The third kappa shape index (κ3) is 3.65. The van der Waals surface area contributed by atoms with Crippen LogP contribution in [0.4, 0.5) is 0 Å². The van der Waals surface area contributed by atoms with Gasteiger partial charge in [-0.3, -0.25) is 0 Å². The number of rotatable bonds is 5. The molecule has 29 heavy (non-hydrogen) atoms. The van der Waals surface area contributed by atoms with Crippen LogP contribution in [0.25, 0.3) is 0 Å². The fraction of sp³-hybridized carbons (Fsp3) is 0.926. The Morgan fingerprint density at radius 1 is 0.966 bits per heavy atom. The Morgan fingerprint density at radius 3 is 2.45 bits per heavy atom. The number of fused-ring (bicyclic) bond motifs is 5. The van der Waals surface area contributed by atoms with Gasteiger partial charge in [-0.15, -0.1) is 0 Å². The van der Waals surface area contributed by atoms with Gasteiger partial charge in [-0.2, -0.15) is 0 Å². The van der Waals surface area contributed by atoms with Gasteiger partial charge in [-0.05, 0) is 91.3 Å². The highest BCUT2D eigenvalue weighted by molar-refractivity contribution is 5.27. The molecule has 4 rings (SSSR count).